The number of hydrogen-bond acceptors (Lipinski definition) is 4. The first-order valence-electron chi connectivity index (χ1n) is 10.9. The number of amides is 1. The predicted octanol–water partition coefficient (Wildman–Crippen LogP) is 3.67. The molecule has 0 atom stereocenters. The lowest BCUT2D eigenvalue weighted by atomic mass is 10.1. The van der Waals surface area contributed by atoms with Crippen molar-refractivity contribution in [2.24, 2.45) is 0 Å². The van der Waals surface area contributed by atoms with Crippen molar-refractivity contribution in [1.82, 2.24) is 9.21 Å². The average Bonchev–Trinajstić information content (AvgIpc) is 2.79. The van der Waals surface area contributed by atoms with Crippen LogP contribution >= 0.6 is 0 Å². The number of anilines is 1. The quantitative estimate of drug-likeness (QED) is 0.589. The van der Waals surface area contributed by atoms with Crippen LogP contribution in [-0.4, -0.2) is 62.8 Å². The maximum absolute atomic E-state index is 13.6. The third-order valence-corrected chi connectivity index (χ3v) is 7.75. The summed E-state index contributed by atoms with van der Waals surface area (Å²) in [4.78, 5) is 17.1. The number of piperidine rings is 2. The Morgan fingerprint density at radius 3 is 2.07 bits per heavy atom. The number of carbonyl (C=O) groups excluding carboxylic acids is 1. The lowest BCUT2D eigenvalue weighted by molar-refractivity contribution is 0.0790. The Kier molecular flexibility index (Phi) is 7.72. The highest BCUT2D eigenvalue weighted by atomic mass is 32.2. The minimum Gasteiger partial charge on any atom is -0.370 e. The Hall–Kier alpha value is -2.12. The van der Waals surface area contributed by atoms with E-state index in [1.165, 1.54) is 6.42 Å². The summed E-state index contributed by atoms with van der Waals surface area (Å²) in [5, 5.41) is 0. The Labute approximate surface area is 180 Å². The molecule has 0 radical (unpaired) electrons. The van der Waals surface area contributed by atoms with Gasteiger partial charge in [-0.3, -0.25) is 4.79 Å². The standard InChI is InChI=1S/C23H33N3O3S/c1-3-13-25(14-4-2)23(27)20-11-12-21(24-15-7-5-8-16-24)22(19-20)30(28,29)26-17-9-6-10-18-26/h3-4,11-12,19H,1-2,5-10,13-18H2. The molecule has 1 aromatic carbocycles. The van der Waals surface area contributed by atoms with Gasteiger partial charge in [-0.25, -0.2) is 8.42 Å². The zero-order chi connectivity index (χ0) is 21.6. The van der Waals surface area contributed by atoms with Crippen LogP contribution in [0.25, 0.3) is 0 Å². The zero-order valence-corrected chi connectivity index (χ0v) is 18.6. The molecule has 164 valence electrons. The molecule has 0 unspecified atom stereocenters. The van der Waals surface area contributed by atoms with Crippen LogP contribution < -0.4 is 4.90 Å². The summed E-state index contributed by atoms with van der Waals surface area (Å²) in [5.74, 6) is -0.213. The van der Waals surface area contributed by atoms with E-state index >= 15 is 0 Å². The van der Waals surface area contributed by atoms with Gasteiger partial charge in [-0.15, -0.1) is 13.2 Å². The maximum atomic E-state index is 13.6. The zero-order valence-electron chi connectivity index (χ0n) is 17.8. The van der Waals surface area contributed by atoms with Crippen molar-refractivity contribution in [2.75, 3.05) is 44.2 Å². The first-order valence-corrected chi connectivity index (χ1v) is 12.3. The van der Waals surface area contributed by atoms with E-state index in [0.717, 1.165) is 50.9 Å². The molecule has 0 bridgehead atoms. The minimum absolute atomic E-state index is 0.213. The summed E-state index contributed by atoms with van der Waals surface area (Å²) in [6.07, 6.45) is 9.41. The SMILES string of the molecule is C=CCN(CC=C)C(=O)c1ccc(N2CCCCC2)c(S(=O)(=O)N2CCCCC2)c1. The van der Waals surface area contributed by atoms with Crippen molar-refractivity contribution in [2.45, 2.75) is 43.4 Å². The monoisotopic (exact) mass is 431 g/mol. The maximum Gasteiger partial charge on any atom is 0.254 e. The van der Waals surface area contributed by atoms with Gasteiger partial charge in [0.1, 0.15) is 4.90 Å². The highest BCUT2D eigenvalue weighted by Gasteiger charge is 2.31. The number of hydrogen-bond donors (Lipinski definition) is 0. The number of sulfonamides is 1. The Bertz CT molecular complexity index is 860. The van der Waals surface area contributed by atoms with Crippen LogP contribution in [0.15, 0.2) is 48.4 Å². The smallest absolute Gasteiger partial charge is 0.254 e. The van der Waals surface area contributed by atoms with Crippen LogP contribution in [0.2, 0.25) is 0 Å². The Morgan fingerprint density at radius 2 is 1.50 bits per heavy atom. The van der Waals surface area contributed by atoms with Gasteiger partial charge in [0.05, 0.1) is 5.69 Å². The lowest BCUT2D eigenvalue weighted by Gasteiger charge is -2.33. The highest BCUT2D eigenvalue weighted by molar-refractivity contribution is 7.89. The summed E-state index contributed by atoms with van der Waals surface area (Å²) in [6.45, 7) is 11.0. The van der Waals surface area contributed by atoms with E-state index in [4.69, 9.17) is 0 Å². The molecule has 0 N–H and O–H groups in total. The van der Waals surface area contributed by atoms with Gasteiger partial charge in [-0.05, 0) is 50.3 Å². The second kappa shape index (κ2) is 10.3. The molecule has 0 aromatic heterocycles. The van der Waals surface area contributed by atoms with Crippen LogP contribution in [0, 0.1) is 0 Å². The Morgan fingerprint density at radius 1 is 0.933 bits per heavy atom. The van der Waals surface area contributed by atoms with Gasteiger partial charge in [0.2, 0.25) is 10.0 Å². The Balaban J connectivity index is 2.03. The van der Waals surface area contributed by atoms with Gasteiger partial charge < -0.3 is 9.80 Å². The molecule has 1 aromatic rings. The molecular weight excluding hydrogens is 398 g/mol. The van der Waals surface area contributed by atoms with Crippen molar-refractivity contribution in [3.05, 3.63) is 49.1 Å². The van der Waals surface area contributed by atoms with Crippen LogP contribution in [0.5, 0.6) is 0 Å². The normalized spacial score (nSPS) is 18.1. The molecule has 0 saturated carbocycles. The molecule has 1 amide bonds. The van der Waals surface area contributed by atoms with Gasteiger partial charge in [-0.2, -0.15) is 4.31 Å². The van der Waals surface area contributed by atoms with Crippen LogP contribution in [0.1, 0.15) is 48.9 Å². The van der Waals surface area contributed by atoms with Crippen LogP contribution in [0.3, 0.4) is 0 Å². The predicted molar refractivity (Wildman–Crippen MR) is 121 cm³/mol. The highest BCUT2D eigenvalue weighted by Crippen LogP contribution is 2.32. The third-order valence-electron chi connectivity index (χ3n) is 5.82. The molecule has 2 aliphatic heterocycles. The number of nitrogens with zero attached hydrogens (tertiary/aromatic N) is 3. The fourth-order valence-electron chi connectivity index (χ4n) is 4.23. The van der Waals surface area contributed by atoms with E-state index < -0.39 is 10.0 Å². The molecule has 6 nitrogen and oxygen atoms in total. The van der Waals surface area contributed by atoms with E-state index in [1.54, 1.807) is 33.5 Å². The fraction of sp³-hybridized carbons (Fsp3) is 0.522. The molecule has 0 spiro atoms. The van der Waals surface area contributed by atoms with Crippen LogP contribution in [0.4, 0.5) is 5.69 Å². The van der Waals surface area contributed by atoms with Crippen molar-refractivity contribution in [1.29, 1.82) is 0 Å². The van der Waals surface area contributed by atoms with Gasteiger partial charge >= 0.3 is 0 Å². The second-order valence-electron chi connectivity index (χ2n) is 7.98. The van der Waals surface area contributed by atoms with Gasteiger partial charge in [0.15, 0.2) is 0 Å². The first kappa shape index (κ1) is 22.6. The summed E-state index contributed by atoms with van der Waals surface area (Å²) in [5.41, 5.74) is 1.10. The molecule has 3 rings (SSSR count). The largest absolute Gasteiger partial charge is 0.370 e. The molecular formula is C23H33N3O3S. The van der Waals surface area contributed by atoms with E-state index in [2.05, 4.69) is 18.1 Å². The number of carbonyl (C=O) groups is 1. The summed E-state index contributed by atoms with van der Waals surface area (Å²) in [6, 6.07) is 5.14. The minimum atomic E-state index is -3.67. The molecule has 2 aliphatic rings. The van der Waals surface area contributed by atoms with Crippen molar-refractivity contribution in [3.63, 3.8) is 0 Å². The molecule has 7 heteroatoms. The summed E-state index contributed by atoms with van der Waals surface area (Å²) < 4.78 is 28.8. The molecule has 2 fully saturated rings. The van der Waals surface area contributed by atoms with Crippen molar-refractivity contribution in [3.8, 4) is 0 Å². The van der Waals surface area contributed by atoms with Gasteiger partial charge in [-0.1, -0.05) is 18.6 Å². The average molecular weight is 432 g/mol. The first-order chi connectivity index (χ1) is 14.5. The fourth-order valence-corrected chi connectivity index (χ4v) is 5.98. The van der Waals surface area contributed by atoms with Gasteiger partial charge in [0.25, 0.3) is 5.91 Å². The van der Waals surface area contributed by atoms with Crippen molar-refractivity contribution >= 4 is 21.6 Å². The van der Waals surface area contributed by atoms with E-state index in [0.29, 0.717) is 31.7 Å². The molecule has 2 heterocycles. The summed E-state index contributed by atoms with van der Waals surface area (Å²) >= 11 is 0. The van der Waals surface area contributed by atoms with E-state index in [9.17, 15) is 13.2 Å². The molecule has 2 saturated heterocycles. The van der Waals surface area contributed by atoms with Crippen LogP contribution in [-0.2, 0) is 10.0 Å². The summed E-state index contributed by atoms with van der Waals surface area (Å²) in [7, 11) is -3.67. The number of benzene rings is 1. The van der Waals surface area contributed by atoms with Crippen molar-refractivity contribution < 1.29 is 13.2 Å². The second-order valence-corrected chi connectivity index (χ2v) is 9.89. The molecule has 30 heavy (non-hydrogen) atoms. The topological polar surface area (TPSA) is 60.9 Å². The van der Waals surface area contributed by atoms with Gasteiger partial charge in [0, 0.05) is 44.8 Å². The molecule has 0 aliphatic carbocycles. The number of rotatable bonds is 8. The third kappa shape index (κ3) is 4.95. The van der Waals surface area contributed by atoms with E-state index in [1.807, 2.05) is 6.07 Å². The lowest BCUT2D eigenvalue weighted by Crippen LogP contribution is -2.38. The van der Waals surface area contributed by atoms with E-state index in [-0.39, 0.29) is 10.8 Å².